The average Bonchev–Trinajstić information content (AvgIpc) is 2.63. The van der Waals surface area contributed by atoms with Gasteiger partial charge in [0.25, 0.3) is 11.6 Å². The quantitative estimate of drug-likeness (QED) is 0.496. The maximum absolute atomic E-state index is 13.5. The number of nitrogens with one attached hydrogen (secondary N) is 2. The summed E-state index contributed by atoms with van der Waals surface area (Å²) in [5, 5.41) is 13.8. The van der Waals surface area contributed by atoms with Crippen LogP contribution in [-0.2, 0) is 10.0 Å². The first kappa shape index (κ1) is 22.1. The minimum absolute atomic E-state index is 0.0376. The molecule has 11 heteroatoms. The first-order valence-electron chi connectivity index (χ1n) is 8.67. The zero-order valence-electron chi connectivity index (χ0n) is 16.1. The molecule has 0 aromatic heterocycles. The molecule has 0 aliphatic rings. The minimum Gasteiger partial charge on any atom is -0.372 e. The second-order valence-electron chi connectivity index (χ2n) is 6.15. The number of carbonyl (C=O) groups is 1. The second-order valence-corrected chi connectivity index (χ2v) is 7.90. The zero-order valence-corrected chi connectivity index (χ0v) is 16.9. The third-order valence-electron chi connectivity index (χ3n) is 4.08. The molecule has 0 saturated heterocycles. The van der Waals surface area contributed by atoms with Crippen LogP contribution >= 0.6 is 0 Å². The first-order chi connectivity index (χ1) is 13.6. The fourth-order valence-electron chi connectivity index (χ4n) is 2.75. The number of nitro groups is 1. The van der Waals surface area contributed by atoms with Crippen LogP contribution in [0.2, 0.25) is 0 Å². The van der Waals surface area contributed by atoms with Crippen molar-refractivity contribution in [3.63, 3.8) is 0 Å². The van der Waals surface area contributed by atoms with E-state index in [0.717, 1.165) is 18.4 Å². The molecule has 1 amide bonds. The van der Waals surface area contributed by atoms with Crippen LogP contribution in [0.15, 0.2) is 36.4 Å². The average molecular weight is 424 g/mol. The van der Waals surface area contributed by atoms with Crippen molar-refractivity contribution in [1.29, 1.82) is 0 Å². The van der Waals surface area contributed by atoms with Crippen molar-refractivity contribution < 1.29 is 22.5 Å². The number of rotatable bonds is 8. The van der Waals surface area contributed by atoms with Crippen LogP contribution in [0.1, 0.15) is 24.2 Å². The molecule has 0 aliphatic carbocycles. The number of hydrogen-bond acceptors (Lipinski definition) is 6. The predicted octanol–water partition coefficient (Wildman–Crippen LogP) is 3.20. The summed E-state index contributed by atoms with van der Waals surface area (Å²) in [6, 6.07) is 7.29. The van der Waals surface area contributed by atoms with Crippen LogP contribution in [0.3, 0.4) is 0 Å². The Labute approximate surface area is 167 Å². The summed E-state index contributed by atoms with van der Waals surface area (Å²) in [6.45, 7) is 5.09. The Balaban J connectivity index is 2.47. The fraction of sp³-hybridized carbons (Fsp3) is 0.278. The number of hydrogen-bond donors (Lipinski definition) is 2. The molecule has 0 radical (unpaired) electrons. The van der Waals surface area contributed by atoms with E-state index in [2.05, 4.69) is 10.0 Å². The van der Waals surface area contributed by atoms with Crippen molar-refractivity contribution in [1.82, 2.24) is 0 Å². The van der Waals surface area contributed by atoms with Gasteiger partial charge < -0.3 is 10.2 Å². The first-order valence-corrected chi connectivity index (χ1v) is 10.6. The van der Waals surface area contributed by atoms with Crippen molar-refractivity contribution in [2.75, 3.05) is 34.3 Å². The number of carbonyl (C=O) groups excluding carboxylic acids is 1. The second kappa shape index (κ2) is 8.86. The SMILES string of the molecule is CCN(CC)c1ccc([N+](=O)[O-])c(C(=O)Nc2ccc(F)cc2NS(C)(=O)=O)c1. The highest BCUT2D eigenvalue weighted by atomic mass is 32.2. The van der Waals surface area contributed by atoms with Gasteiger partial charge in [-0.15, -0.1) is 0 Å². The van der Waals surface area contributed by atoms with Crippen molar-refractivity contribution in [2.45, 2.75) is 13.8 Å². The predicted molar refractivity (Wildman–Crippen MR) is 109 cm³/mol. The van der Waals surface area contributed by atoms with Gasteiger partial charge >= 0.3 is 0 Å². The van der Waals surface area contributed by atoms with Crippen LogP contribution in [0, 0.1) is 15.9 Å². The topological polar surface area (TPSA) is 122 Å². The number of benzene rings is 2. The molecule has 2 aromatic carbocycles. The molecular formula is C18H21FN4O5S. The zero-order chi connectivity index (χ0) is 21.8. The van der Waals surface area contributed by atoms with Gasteiger partial charge in [-0.05, 0) is 38.1 Å². The molecule has 2 rings (SSSR count). The molecule has 2 aromatic rings. The maximum atomic E-state index is 13.5. The lowest BCUT2D eigenvalue weighted by molar-refractivity contribution is -0.385. The van der Waals surface area contributed by atoms with Crippen LogP contribution in [0.4, 0.5) is 27.1 Å². The number of nitrogens with zero attached hydrogens (tertiary/aromatic N) is 2. The molecule has 0 atom stereocenters. The van der Waals surface area contributed by atoms with Crippen molar-refractivity contribution in [3.8, 4) is 0 Å². The normalized spacial score (nSPS) is 11.0. The van der Waals surface area contributed by atoms with Crippen LogP contribution in [0.25, 0.3) is 0 Å². The lowest BCUT2D eigenvalue weighted by Gasteiger charge is -2.21. The van der Waals surface area contributed by atoms with E-state index in [-0.39, 0.29) is 16.9 Å². The summed E-state index contributed by atoms with van der Waals surface area (Å²) >= 11 is 0. The van der Waals surface area contributed by atoms with Gasteiger partial charge in [0.2, 0.25) is 10.0 Å². The monoisotopic (exact) mass is 424 g/mol. The molecule has 29 heavy (non-hydrogen) atoms. The molecule has 156 valence electrons. The van der Waals surface area contributed by atoms with Gasteiger partial charge in [0, 0.05) is 30.9 Å². The van der Waals surface area contributed by atoms with Crippen molar-refractivity contribution in [3.05, 3.63) is 57.9 Å². The smallest absolute Gasteiger partial charge is 0.282 e. The molecular weight excluding hydrogens is 403 g/mol. The summed E-state index contributed by atoms with van der Waals surface area (Å²) in [7, 11) is -3.75. The standard InChI is InChI=1S/C18H21FN4O5S/c1-4-22(5-2)13-7-9-17(23(25)26)14(11-13)18(24)20-15-8-6-12(19)10-16(15)21-29(3,27)28/h6-11,21H,4-5H2,1-3H3,(H,20,24). The summed E-state index contributed by atoms with van der Waals surface area (Å²) in [6.07, 6.45) is 0.877. The van der Waals surface area contributed by atoms with E-state index in [0.29, 0.717) is 18.8 Å². The lowest BCUT2D eigenvalue weighted by Crippen LogP contribution is -2.23. The number of nitro benzene ring substituents is 1. The Morgan fingerprint density at radius 1 is 1.14 bits per heavy atom. The fourth-order valence-corrected chi connectivity index (χ4v) is 3.32. The third kappa shape index (κ3) is 5.64. The van der Waals surface area contributed by atoms with Crippen molar-refractivity contribution >= 4 is 38.7 Å². The highest BCUT2D eigenvalue weighted by Gasteiger charge is 2.23. The lowest BCUT2D eigenvalue weighted by atomic mass is 10.1. The summed E-state index contributed by atoms with van der Waals surface area (Å²) in [5.74, 6) is -1.54. The Bertz CT molecular complexity index is 1040. The van der Waals surface area contributed by atoms with E-state index < -0.39 is 32.4 Å². The van der Waals surface area contributed by atoms with Crippen molar-refractivity contribution in [2.24, 2.45) is 0 Å². The summed E-state index contributed by atoms with van der Waals surface area (Å²) < 4.78 is 38.7. The highest BCUT2D eigenvalue weighted by molar-refractivity contribution is 7.92. The van der Waals surface area contributed by atoms with Crippen LogP contribution in [-0.4, -0.2) is 38.6 Å². The van der Waals surface area contributed by atoms with E-state index in [4.69, 9.17) is 0 Å². The van der Waals surface area contributed by atoms with Gasteiger partial charge in [-0.1, -0.05) is 0 Å². The van der Waals surface area contributed by atoms with Gasteiger partial charge in [0.15, 0.2) is 0 Å². The number of sulfonamides is 1. The minimum atomic E-state index is -3.75. The van der Waals surface area contributed by atoms with Gasteiger partial charge in [-0.3, -0.25) is 19.6 Å². The number of halogens is 1. The molecule has 0 aliphatic heterocycles. The van der Waals surface area contributed by atoms with Crippen LogP contribution < -0.4 is 14.9 Å². The molecule has 0 bridgehead atoms. The van der Waals surface area contributed by atoms with Gasteiger partial charge in [0.05, 0.1) is 22.6 Å². The molecule has 0 fully saturated rings. The molecule has 0 spiro atoms. The van der Waals surface area contributed by atoms with E-state index in [1.807, 2.05) is 18.7 Å². The van der Waals surface area contributed by atoms with E-state index in [1.54, 1.807) is 6.07 Å². The number of amides is 1. The van der Waals surface area contributed by atoms with Crippen LogP contribution in [0.5, 0.6) is 0 Å². The number of anilines is 3. The Morgan fingerprint density at radius 2 is 1.79 bits per heavy atom. The molecule has 0 unspecified atom stereocenters. The molecule has 9 nitrogen and oxygen atoms in total. The maximum Gasteiger partial charge on any atom is 0.282 e. The summed E-state index contributed by atoms with van der Waals surface area (Å²) in [5.41, 5.74) is -0.209. The van der Waals surface area contributed by atoms with E-state index >= 15 is 0 Å². The van der Waals surface area contributed by atoms with Gasteiger partial charge in [0.1, 0.15) is 11.4 Å². The Kier molecular flexibility index (Phi) is 6.75. The largest absolute Gasteiger partial charge is 0.372 e. The van der Waals surface area contributed by atoms with E-state index in [9.17, 15) is 27.7 Å². The molecule has 0 saturated carbocycles. The molecule has 0 heterocycles. The molecule has 2 N–H and O–H groups in total. The Hall–Kier alpha value is -3.21. The third-order valence-corrected chi connectivity index (χ3v) is 4.67. The highest BCUT2D eigenvalue weighted by Crippen LogP contribution is 2.28. The van der Waals surface area contributed by atoms with E-state index in [1.165, 1.54) is 18.2 Å². The summed E-state index contributed by atoms with van der Waals surface area (Å²) in [4.78, 5) is 25.4. The van der Waals surface area contributed by atoms with Gasteiger partial charge in [-0.25, -0.2) is 12.8 Å². The van der Waals surface area contributed by atoms with Gasteiger partial charge in [-0.2, -0.15) is 0 Å². The Morgan fingerprint density at radius 3 is 2.34 bits per heavy atom.